The van der Waals surface area contributed by atoms with E-state index in [1.807, 2.05) is 27.7 Å². The molecule has 58 valence electrons. The molecule has 0 bridgehead atoms. The van der Waals surface area contributed by atoms with Crippen LogP contribution in [-0.4, -0.2) is 11.2 Å². The van der Waals surface area contributed by atoms with Crippen LogP contribution in [0.1, 0.15) is 35.1 Å². The molecular formula is C8H20O. The summed E-state index contributed by atoms with van der Waals surface area (Å²) in [5.41, 5.74) is 0. The molecule has 0 spiro atoms. The monoisotopic (exact) mass is 132 g/mol. The first-order valence-electron chi connectivity index (χ1n) is 3.23. The molecule has 0 aromatic carbocycles. The first-order valence-corrected chi connectivity index (χ1v) is 3.23. The molecule has 0 radical (unpaired) electrons. The summed E-state index contributed by atoms with van der Waals surface area (Å²) in [6.07, 6.45) is -0.130. The van der Waals surface area contributed by atoms with Crippen LogP contribution in [0.4, 0.5) is 0 Å². The fourth-order valence-electron chi connectivity index (χ4n) is 0.770. The lowest BCUT2D eigenvalue weighted by Crippen LogP contribution is -2.20. The van der Waals surface area contributed by atoms with Crippen LogP contribution < -0.4 is 0 Å². The zero-order chi connectivity index (χ0) is 6.73. The van der Waals surface area contributed by atoms with Crippen LogP contribution in [0, 0.1) is 11.8 Å². The third-order valence-corrected chi connectivity index (χ3v) is 1.37. The molecule has 0 amide bonds. The van der Waals surface area contributed by atoms with Gasteiger partial charge in [-0.1, -0.05) is 35.1 Å². The van der Waals surface area contributed by atoms with E-state index in [4.69, 9.17) is 0 Å². The average Bonchev–Trinajstić information content (AvgIpc) is 1.64. The quantitative estimate of drug-likeness (QED) is 0.611. The predicted molar refractivity (Wildman–Crippen MR) is 42.4 cm³/mol. The van der Waals surface area contributed by atoms with Gasteiger partial charge in [0, 0.05) is 0 Å². The SMILES string of the molecule is C.CC(C)C(O)C(C)C. The molecule has 0 saturated carbocycles. The van der Waals surface area contributed by atoms with Gasteiger partial charge in [-0.2, -0.15) is 0 Å². The van der Waals surface area contributed by atoms with Gasteiger partial charge in [0.05, 0.1) is 6.10 Å². The van der Waals surface area contributed by atoms with E-state index in [1.54, 1.807) is 0 Å². The summed E-state index contributed by atoms with van der Waals surface area (Å²) in [4.78, 5) is 0. The molecule has 9 heavy (non-hydrogen) atoms. The van der Waals surface area contributed by atoms with Crippen molar-refractivity contribution in [2.45, 2.75) is 41.2 Å². The zero-order valence-corrected chi connectivity index (χ0v) is 6.18. The maximum absolute atomic E-state index is 9.20. The number of hydrogen-bond donors (Lipinski definition) is 1. The third-order valence-electron chi connectivity index (χ3n) is 1.37. The molecule has 1 N–H and O–H groups in total. The predicted octanol–water partition coefficient (Wildman–Crippen LogP) is 2.30. The molecule has 0 aliphatic rings. The van der Waals surface area contributed by atoms with E-state index >= 15 is 0 Å². The summed E-state index contributed by atoms with van der Waals surface area (Å²) >= 11 is 0. The van der Waals surface area contributed by atoms with E-state index in [-0.39, 0.29) is 13.5 Å². The van der Waals surface area contributed by atoms with Gasteiger partial charge >= 0.3 is 0 Å². The van der Waals surface area contributed by atoms with Gasteiger partial charge in [-0.05, 0) is 11.8 Å². The van der Waals surface area contributed by atoms with E-state index in [1.165, 1.54) is 0 Å². The van der Waals surface area contributed by atoms with Gasteiger partial charge in [0.2, 0.25) is 0 Å². The van der Waals surface area contributed by atoms with Crippen LogP contribution in [0.25, 0.3) is 0 Å². The Balaban J connectivity index is 0. The van der Waals surface area contributed by atoms with Gasteiger partial charge in [-0.3, -0.25) is 0 Å². The Hall–Kier alpha value is -0.0400. The van der Waals surface area contributed by atoms with Crippen LogP contribution >= 0.6 is 0 Å². The minimum Gasteiger partial charge on any atom is -0.393 e. The molecule has 0 heterocycles. The van der Waals surface area contributed by atoms with Crippen LogP contribution in [0.2, 0.25) is 0 Å². The van der Waals surface area contributed by atoms with Crippen molar-refractivity contribution in [3.8, 4) is 0 Å². The fraction of sp³-hybridized carbons (Fsp3) is 1.00. The van der Waals surface area contributed by atoms with Crippen LogP contribution in [0.3, 0.4) is 0 Å². The Labute approximate surface area is 59.1 Å². The van der Waals surface area contributed by atoms with E-state index < -0.39 is 0 Å². The van der Waals surface area contributed by atoms with Crippen molar-refractivity contribution in [3.63, 3.8) is 0 Å². The smallest absolute Gasteiger partial charge is 0.0586 e. The highest BCUT2D eigenvalue weighted by Gasteiger charge is 2.11. The summed E-state index contributed by atoms with van der Waals surface area (Å²) < 4.78 is 0. The van der Waals surface area contributed by atoms with Crippen molar-refractivity contribution in [2.75, 3.05) is 0 Å². The second kappa shape index (κ2) is 4.80. The molecule has 0 aliphatic carbocycles. The van der Waals surface area contributed by atoms with Gasteiger partial charge in [0.25, 0.3) is 0 Å². The van der Waals surface area contributed by atoms with Gasteiger partial charge in [-0.25, -0.2) is 0 Å². The maximum atomic E-state index is 9.20. The van der Waals surface area contributed by atoms with Crippen molar-refractivity contribution in [2.24, 2.45) is 11.8 Å². The molecule has 0 aromatic heterocycles. The molecule has 0 fully saturated rings. The Morgan fingerprint density at radius 3 is 1.11 bits per heavy atom. The minimum absolute atomic E-state index is 0. The van der Waals surface area contributed by atoms with Crippen LogP contribution in [-0.2, 0) is 0 Å². The lowest BCUT2D eigenvalue weighted by atomic mass is 9.97. The first kappa shape index (κ1) is 11.7. The molecule has 0 aliphatic heterocycles. The van der Waals surface area contributed by atoms with E-state index in [0.29, 0.717) is 11.8 Å². The van der Waals surface area contributed by atoms with E-state index in [9.17, 15) is 5.11 Å². The maximum Gasteiger partial charge on any atom is 0.0586 e. The fourth-order valence-corrected chi connectivity index (χ4v) is 0.770. The Bertz CT molecular complexity index is 49.6. The molecule has 0 rings (SSSR count). The van der Waals surface area contributed by atoms with Crippen molar-refractivity contribution >= 4 is 0 Å². The molecule has 0 atom stereocenters. The Morgan fingerprint density at radius 1 is 0.889 bits per heavy atom. The highest BCUT2D eigenvalue weighted by atomic mass is 16.3. The largest absolute Gasteiger partial charge is 0.393 e. The molecule has 0 aromatic rings. The van der Waals surface area contributed by atoms with E-state index in [2.05, 4.69) is 0 Å². The molecule has 0 saturated heterocycles. The standard InChI is InChI=1S/C7H16O.CH4/c1-5(2)7(8)6(3)4;/h5-8H,1-4H3;1H4. The molecule has 1 heteroatoms. The lowest BCUT2D eigenvalue weighted by molar-refractivity contribution is 0.0801. The third kappa shape index (κ3) is 4.46. The number of aliphatic hydroxyl groups is 1. The van der Waals surface area contributed by atoms with Crippen molar-refractivity contribution in [3.05, 3.63) is 0 Å². The Kier molecular flexibility index (Phi) is 6.25. The Morgan fingerprint density at radius 2 is 1.11 bits per heavy atom. The van der Waals surface area contributed by atoms with E-state index in [0.717, 1.165) is 0 Å². The van der Waals surface area contributed by atoms with Gasteiger partial charge in [0.1, 0.15) is 0 Å². The summed E-state index contributed by atoms with van der Waals surface area (Å²) in [5.74, 6) is 0.796. The number of aliphatic hydroxyl groups excluding tert-OH is 1. The average molecular weight is 132 g/mol. The lowest BCUT2D eigenvalue weighted by Gasteiger charge is -2.17. The first-order chi connectivity index (χ1) is 3.55. The molecule has 1 nitrogen and oxygen atoms in total. The molecule has 0 unspecified atom stereocenters. The van der Waals surface area contributed by atoms with Crippen LogP contribution in [0.5, 0.6) is 0 Å². The highest BCUT2D eigenvalue weighted by Crippen LogP contribution is 2.10. The van der Waals surface area contributed by atoms with Crippen molar-refractivity contribution < 1.29 is 5.11 Å². The highest BCUT2D eigenvalue weighted by molar-refractivity contribution is 4.62. The second-order valence-corrected chi connectivity index (χ2v) is 2.98. The van der Waals surface area contributed by atoms with Crippen LogP contribution in [0.15, 0.2) is 0 Å². The zero-order valence-electron chi connectivity index (χ0n) is 6.18. The summed E-state index contributed by atoms with van der Waals surface area (Å²) in [6.45, 7) is 8.13. The molecular weight excluding hydrogens is 112 g/mol. The number of hydrogen-bond acceptors (Lipinski definition) is 1. The topological polar surface area (TPSA) is 20.2 Å². The summed E-state index contributed by atoms with van der Waals surface area (Å²) in [5, 5.41) is 9.20. The van der Waals surface area contributed by atoms with Crippen molar-refractivity contribution in [1.82, 2.24) is 0 Å². The summed E-state index contributed by atoms with van der Waals surface area (Å²) in [6, 6.07) is 0. The van der Waals surface area contributed by atoms with Crippen molar-refractivity contribution in [1.29, 1.82) is 0 Å². The minimum atomic E-state index is -0.130. The van der Waals surface area contributed by atoms with Gasteiger partial charge < -0.3 is 5.11 Å². The van der Waals surface area contributed by atoms with Gasteiger partial charge in [-0.15, -0.1) is 0 Å². The second-order valence-electron chi connectivity index (χ2n) is 2.98. The summed E-state index contributed by atoms with van der Waals surface area (Å²) in [7, 11) is 0. The van der Waals surface area contributed by atoms with Gasteiger partial charge in [0.15, 0.2) is 0 Å². The normalized spacial score (nSPS) is 10.7. The number of rotatable bonds is 2.